The lowest BCUT2D eigenvalue weighted by Gasteiger charge is -2.10. The number of anilines is 1. The lowest BCUT2D eigenvalue weighted by atomic mass is 10.2. The maximum Gasteiger partial charge on any atom is 0.267 e. The predicted octanol–water partition coefficient (Wildman–Crippen LogP) is 4.96. The second-order valence-electron chi connectivity index (χ2n) is 5.70. The number of nitriles is 1. The second kappa shape index (κ2) is 11.0. The fourth-order valence-electron chi connectivity index (χ4n) is 2.26. The maximum absolute atomic E-state index is 12.4. The van der Waals surface area contributed by atoms with Gasteiger partial charge in [-0.2, -0.15) is 5.26 Å². The Balaban J connectivity index is 2.04. The third-order valence-corrected chi connectivity index (χ3v) is 4.73. The molecule has 0 spiro atoms. The molecule has 2 N–H and O–H groups in total. The Bertz CT molecular complexity index is 781. The molecule has 2 aromatic rings. The van der Waals surface area contributed by atoms with Crippen molar-refractivity contribution in [3.63, 3.8) is 0 Å². The molecule has 0 aliphatic carbocycles. The smallest absolute Gasteiger partial charge is 0.267 e. The van der Waals surface area contributed by atoms with E-state index in [4.69, 9.17) is 0 Å². The minimum atomic E-state index is -0.406. The van der Waals surface area contributed by atoms with Gasteiger partial charge in [-0.3, -0.25) is 4.79 Å². The first kappa shape index (κ1) is 19.6. The molecule has 5 heteroatoms. The Labute approximate surface area is 159 Å². The van der Waals surface area contributed by atoms with E-state index in [9.17, 15) is 10.1 Å². The summed E-state index contributed by atoms with van der Waals surface area (Å²) in [5.74, 6) is -0.406. The molecular weight excluding hydrogens is 342 g/mol. The number of unbranched alkanes of at least 4 members (excludes halogenated alkanes) is 2. The quantitative estimate of drug-likeness (QED) is 0.374. The van der Waals surface area contributed by atoms with Crippen LogP contribution in [0.4, 0.5) is 5.69 Å². The third kappa shape index (κ3) is 6.30. The topological polar surface area (TPSA) is 64.9 Å². The first-order chi connectivity index (χ1) is 12.7. The summed E-state index contributed by atoms with van der Waals surface area (Å²) >= 11 is 1.57. The van der Waals surface area contributed by atoms with E-state index in [2.05, 4.69) is 17.6 Å². The van der Waals surface area contributed by atoms with Gasteiger partial charge in [-0.1, -0.05) is 61.9 Å². The summed E-state index contributed by atoms with van der Waals surface area (Å²) in [4.78, 5) is 14.4. The number of para-hydroxylation sites is 1. The Hall–Kier alpha value is -2.71. The third-order valence-electron chi connectivity index (χ3n) is 3.64. The van der Waals surface area contributed by atoms with Crippen LogP contribution in [0, 0.1) is 11.3 Å². The normalized spacial score (nSPS) is 10.8. The highest BCUT2D eigenvalue weighted by Crippen LogP contribution is 2.33. The molecular formula is C21H23N3OS. The zero-order valence-corrected chi connectivity index (χ0v) is 15.7. The van der Waals surface area contributed by atoms with Gasteiger partial charge in [0.1, 0.15) is 11.6 Å². The van der Waals surface area contributed by atoms with E-state index in [1.54, 1.807) is 11.8 Å². The van der Waals surface area contributed by atoms with Crippen molar-refractivity contribution in [1.82, 2.24) is 5.32 Å². The van der Waals surface area contributed by atoms with Crippen molar-refractivity contribution in [2.24, 2.45) is 0 Å². The van der Waals surface area contributed by atoms with Crippen molar-refractivity contribution in [3.8, 4) is 6.07 Å². The number of hydrogen-bond donors (Lipinski definition) is 2. The summed E-state index contributed by atoms with van der Waals surface area (Å²) < 4.78 is 0. The minimum Gasteiger partial charge on any atom is -0.390 e. The molecule has 2 rings (SSSR count). The summed E-state index contributed by atoms with van der Waals surface area (Å²) in [6.07, 6.45) is 4.77. The average molecular weight is 366 g/mol. The van der Waals surface area contributed by atoms with Gasteiger partial charge in [0, 0.05) is 22.5 Å². The zero-order valence-electron chi connectivity index (χ0n) is 14.9. The highest BCUT2D eigenvalue weighted by molar-refractivity contribution is 7.99. The molecule has 0 radical (unpaired) electrons. The molecule has 134 valence electrons. The van der Waals surface area contributed by atoms with Crippen LogP contribution in [-0.2, 0) is 4.79 Å². The summed E-state index contributed by atoms with van der Waals surface area (Å²) in [6, 6.07) is 19.5. The fourth-order valence-corrected chi connectivity index (χ4v) is 3.19. The van der Waals surface area contributed by atoms with Crippen molar-refractivity contribution in [1.29, 1.82) is 5.26 Å². The second-order valence-corrected chi connectivity index (χ2v) is 6.81. The first-order valence-corrected chi connectivity index (χ1v) is 9.53. The van der Waals surface area contributed by atoms with E-state index >= 15 is 0 Å². The van der Waals surface area contributed by atoms with Gasteiger partial charge >= 0.3 is 0 Å². The number of hydrogen-bond acceptors (Lipinski definition) is 4. The van der Waals surface area contributed by atoms with E-state index in [0.29, 0.717) is 5.69 Å². The number of amides is 1. The van der Waals surface area contributed by atoms with Crippen molar-refractivity contribution >= 4 is 23.4 Å². The number of carbonyl (C=O) groups is 1. The molecule has 1 amide bonds. The van der Waals surface area contributed by atoms with Crippen LogP contribution in [0.2, 0.25) is 0 Å². The van der Waals surface area contributed by atoms with Gasteiger partial charge in [-0.05, 0) is 30.7 Å². The Morgan fingerprint density at radius 2 is 1.85 bits per heavy atom. The van der Waals surface area contributed by atoms with E-state index in [0.717, 1.165) is 35.6 Å². The molecule has 4 nitrogen and oxygen atoms in total. The number of carbonyl (C=O) groups excluding carboxylic acids is 1. The molecule has 0 unspecified atom stereocenters. The number of rotatable bonds is 9. The minimum absolute atomic E-state index is 0.0704. The molecule has 0 aromatic heterocycles. The van der Waals surface area contributed by atoms with E-state index in [1.165, 1.54) is 6.20 Å². The van der Waals surface area contributed by atoms with Crippen molar-refractivity contribution in [2.75, 3.05) is 11.9 Å². The lowest BCUT2D eigenvalue weighted by molar-refractivity contribution is -0.112. The molecule has 0 aliphatic rings. The van der Waals surface area contributed by atoms with Gasteiger partial charge in [-0.15, -0.1) is 0 Å². The summed E-state index contributed by atoms with van der Waals surface area (Å²) in [5.41, 5.74) is 0.763. The summed E-state index contributed by atoms with van der Waals surface area (Å²) in [7, 11) is 0. The van der Waals surface area contributed by atoms with Crippen LogP contribution >= 0.6 is 11.8 Å². The largest absolute Gasteiger partial charge is 0.390 e. The van der Waals surface area contributed by atoms with Crippen LogP contribution in [0.5, 0.6) is 0 Å². The number of nitrogens with zero attached hydrogens (tertiary/aromatic N) is 1. The van der Waals surface area contributed by atoms with Gasteiger partial charge in [0.05, 0.1) is 5.69 Å². The monoisotopic (exact) mass is 365 g/mol. The van der Waals surface area contributed by atoms with Crippen LogP contribution in [0.3, 0.4) is 0 Å². The van der Waals surface area contributed by atoms with Crippen LogP contribution in [0.1, 0.15) is 26.2 Å². The van der Waals surface area contributed by atoms with Crippen LogP contribution in [0.25, 0.3) is 0 Å². The molecule has 0 atom stereocenters. The molecule has 0 fully saturated rings. The van der Waals surface area contributed by atoms with Crippen molar-refractivity contribution in [2.45, 2.75) is 36.0 Å². The predicted molar refractivity (Wildman–Crippen MR) is 107 cm³/mol. The maximum atomic E-state index is 12.4. The molecule has 2 aromatic carbocycles. The number of nitrogens with one attached hydrogen (secondary N) is 2. The summed E-state index contributed by atoms with van der Waals surface area (Å²) in [6.45, 7) is 2.89. The Kier molecular flexibility index (Phi) is 8.31. The Morgan fingerprint density at radius 1 is 1.12 bits per heavy atom. The van der Waals surface area contributed by atoms with Crippen LogP contribution in [0.15, 0.2) is 76.2 Å². The molecule has 0 bridgehead atoms. The van der Waals surface area contributed by atoms with Crippen molar-refractivity contribution in [3.05, 3.63) is 66.4 Å². The van der Waals surface area contributed by atoms with E-state index < -0.39 is 5.91 Å². The van der Waals surface area contributed by atoms with E-state index in [1.807, 2.05) is 60.7 Å². The molecule has 0 heterocycles. The van der Waals surface area contributed by atoms with Gasteiger partial charge in [0.2, 0.25) is 0 Å². The van der Waals surface area contributed by atoms with Gasteiger partial charge in [-0.25, -0.2) is 0 Å². The van der Waals surface area contributed by atoms with Gasteiger partial charge < -0.3 is 10.6 Å². The zero-order chi connectivity index (χ0) is 18.6. The lowest BCUT2D eigenvalue weighted by Crippen LogP contribution is -2.17. The van der Waals surface area contributed by atoms with Crippen LogP contribution < -0.4 is 10.6 Å². The molecule has 26 heavy (non-hydrogen) atoms. The summed E-state index contributed by atoms with van der Waals surface area (Å²) in [5, 5.41) is 15.1. The number of benzene rings is 2. The SMILES string of the molecule is CCCCCN/C=C(/C#N)C(=O)Nc1ccccc1Sc1ccccc1. The Morgan fingerprint density at radius 3 is 2.58 bits per heavy atom. The van der Waals surface area contributed by atoms with Gasteiger partial charge in [0.25, 0.3) is 5.91 Å². The first-order valence-electron chi connectivity index (χ1n) is 8.71. The molecule has 0 saturated heterocycles. The average Bonchev–Trinajstić information content (AvgIpc) is 2.67. The van der Waals surface area contributed by atoms with Gasteiger partial charge in [0.15, 0.2) is 0 Å². The standard InChI is InChI=1S/C21H23N3OS/c1-2-3-9-14-23-16-17(15-22)21(25)24-19-12-7-8-13-20(19)26-18-10-5-4-6-11-18/h4-8,10-13,16,23H,2-3,9,14H2,1H3,(H,24,25)/b17-16-. The highest BCUT2D eigenvalue weighted by atomic mass is 32.2. The van der Waals surface area contributed by atoms with E-state index in [-0.39, 0.29) is 5.57 Å². The highest BCUT2D eigenvalue weighted by Gasteiger charge is 2.12. The van der Waals surface area contributed by atoms with Crippen molar-refractivity contribution < 1.29 is 4.79 Å². The van der Waals surface area contributed by atoms with Crippen LogP contribution in [-0.4, -0.2) is 12.5 Å². The fraction of sp³-hybridized carbons (Fsp3) is 0.238. The molecule has 0 saturated carbocycles. The molecule has 0 aliphatic heterocycles.